The quantitative estimate of drug-likeness (QED) is 0.178. The fraction of sp³-hybridized carbons (Fsp3) is 0.410. The molecule has 7 aromatic rings. The summed E-state index contributed by atoms with van der Waals surface area (Å²) in [6.45, 7) is 41.1. The lowest BCUT2D eigenvalue weighted by Crippen LogP contribution is -2.45. The van der Waals surface area contributed by atoms with E-state index in [1.165, 1.54) is 71.9 Å². The molecular formula is C61H69N3O2. The summed E-state index contributed by atoms with van der Waals surface area (Å²) in [7, 11) is 0. The van der Waals surface area contributed by atoms with E-state index >= 15 is 0 Å². The van der Waals surface area contributed by atoms with Gasteiger partial charge in [0.05, 0.1) is 11.0 Å². The van der Waals surface area contributed by atoms with Crippen LogP contribution >= 0.6 is 0 Å². The van der Waals surface area contributed by atoms with Gasteiger partial charge in [0, 0.05) is 45.1 Å². The van der Waals surface area contributed by atoms with Gasteiger partial charge in [-0.05, 0) is 141 Å². The summed E-state index contributed by atoms with van der Waals surface area (Å²) in [5, 5.41) is 2.47. The van der Waals surface area contributed by atoms with Crippen LogP contribution < -0.4 is 4.74 Å². The SMILES string of the molecule is Cc1cc2c3cc(C(C)(C)C)cc4c3n(c2cc1Oc1cc(C2=N[C@]3(C)c5ccc(C(C)(C)C)cc5-c5cc(C(C)(C)C)ccc5[C@]3(C)O2)cc(C(C)(C)C)c1)-c1nccc(C)c1C4(C)C. The van der Waals surface area contributed by atoms with E-state index in [2.05, 4.69) is 214 Å². The lowest BCUT2D eigenvalue weighted by molar-refractivity contribution is 0.0269. The van der Waals surface area contributed by atoms with Gasteiger partial charge in [0.1, 0.15) is 22.9 Å². The van der Waals surface area contributed by atoms with E-state index in [1.807, 2.05) is 6.20 Å². The van der Waals surface area contributed by atoms with Crippen LogP contribution in [0.5, 0.6) is 11.5 Å². The monoisotopic (exact) mass is 876 g/mol. The molecular weight excluding hydrogens is 807 g/mol. The number of ether oxygens (including phenoxy) is 2. The van der Waals surface area contributed by atoms with Gasteiger partial charge in [-0.25, -0.2) is 9.98 Å². The van der Waals surface area contributed by atoms with E-state index in [1.54, 1.807) is 0 Å². The molecule has 5 aromatic carbocycles. The van der Waals surface area contributed by atoms with Gasteiger partial charge in [0.25, 0.3) is 0 Å². The summed E-state index contributed by atoms with van der Waals surface area (Å²) in [6.07, 6.45) is 1.95. The van der Waals surface area contributed by atoms with Crippen LogP contribution in [-0.4, -0.2) is 15.4 Å². The van der Waals surface area contributed by atoms with Crippen LogP contribution in [-0.2, 0) is 43.0 Å². The molecule has 1 aliphatic carbocycles. The van der Waals surface area contributed by atoms with Crippen molar-refractivity contribution in [3.63, 3.8) is 0 Å². The first kappa shape index (κ1) is 44.2. The first-order valence-electron chi connectivity index (χ1n) is 24.1. The largest absolute Gasteiger partial charge is 0.463 e. The number of hydrogen-bond acceptors (Lipinski definition) is 4. The highest BCUT2D eigenvalue weighted by molar-refractivity contribution is 6.12. The van der Waals surface area contributed by atoms with Crippen LogP contribution in [0, 0.1) is 13.8 Å². The number of fused-ring (bicyclic) bond motifs is 11. The second kappa shape index (κ2) is 13.7. The standard InChI is InChI=1S/C61H69N3O2/c1-34-23-24-62-53-51(34)59(15,16)48-32-40(58(12,13)14)31-45-44-25-35(2)50(33-49(44)64(53)52(45)48)65-41-27-36(26-39(28-41)57(9,10)11)54-63-60(17)46-21-19-37(55(3,4)5)29-42(46)43-30-38(56(6,7)8)20-22-47(43)61(60,18)66-54/h19-33H,1-18H3/t60-,61+/m1/s1. The number of hydrogen-bond donors (Lipinski definition) is 0. The zero-order valence-corrected chi connectivity index (χ0v) is 42.8. The van der Waals surface area contributed by atoms with E-state index in [0.717, 1.165) is 39.5 Å². The zero-order chi connectivity index (χ0) is 47.6. The Kier molecular flexibility index (Phi) is 9.17. The first-order valence-corrected chi connectivity index (χ1v) is 24.1. The Morgan fingerprint density at radius 1 is 0.561 bits per heavy atom. The fourth-order valence-electron chi connectivity index (χ4n) is 11.2. The summed E-state index contributed by atoms with van der Waals surface area (Å²) in [5.74, 6) is 3.19. The second-order valence-corrected chi connectivity index (χ2v) is 24.8. The number of aliphatic imine (C=N–C) groups is 1. The van der Waals surface area contributed by atoms with E-state index < -0.39 is 11.1 Å². The molecule has 0 radical (unpaired) electrons. The Morgan fingerprint density at radius 3 is 1.77 bits per heavy atom. The highest BCUT2D eigenvalue weighted by Crippen LogP contribution is 2.60. The van der Waals surface area contributed by atoms with Crippen molar-refractivity contribution in [2.45, 2.75) is 163 Å². The van der Waals surface area contributed by atoms with Gasteiger partial charge in [0.2, 0.25) is 5.90 Å². The Morgan fingerprint density at radius 2 is 1.15 bits per heavy atom. The lowest BCUT2D eigenvalue weighted by atomic mass is 9.64. The highest BCUT2D eigenvalue weighted by Gasteiger charge is 2.59. The normalized spacial score (nSPS) is 19.8. The molecule has 0 unspecified atom stereocenters. The average Bonchev–Trinajstić information content (AvgIpc) is 3.69. The van der Waals surface area contributed by atoms with Gasteiger partial charge in [0.15, 0.2) is 5.60 Å². The predicted octanol–water partition coefficient (Wildman–Crippen LogP) is 16.0. The van der Waals surface area contributed by atoms with E-state index in [-0.39, 0.29) is 27.1 Å². The average molecular weight is 876 g/mol. The Bertz CT molecular complexity index is 3260. The minimum Gasteiger partial charge on any atom is -0.463 e. The lowest BCUT2D eigenvalue weighted by Gasteiger charge is -2.45. The molecule has 5 nitrogen and oxygen atoms in total. The van der Waals surface area contributed by atoms with Crippen molar-refractivity contribution < 1.29 is 9.47 Å². The van der Waals surface area contributed by atoms with Crippen LogP contribution in [0.3, 0.4) is 0 Å². The maximum Gasteiger partial charge on any atom is 0.218 e. The molecule has 3 aliphatic rings. The van der Waals surface area contributed by atoms with Gasteiger partial charge in [-0.3, -0.25) is 4.57 Å². The van der Waals surface area contributed by atoms with Gasteiger partial charge in [-0.1, -0.05) is 139 Å². The molecule has 0 spiro atoms. The number of pyridine rings is 1. The van der Waals surface area contributed by atoms with Crippen molar-refractivity contribution in [2.24, 2.45) is 4.99 Å². The number of aromatic nitrogens is 2. The summed E-state index contributed by atoms with van der Waals surface area (Å²) in [4.78, 5) is 10.8. The smallest absolute Gasteiger partial charge is 0.218 e. The third kappa shape index (κ3) is 6.38. The van der Waals surface area contributed by atoms with Crippen molar-refractivity contribution in [1.82, 2.24) is 9.55 Å². The molecule has 0 amide bonds. The topological polar surface area (TPSA) is 48.6 Å². The van der Waals surface area contributed by atoms with Crippen molar-refractivity contribution >= 4 is 27.7 Å². The highest BCUT2D eigenvalue weighted by atomic mass is 16.5. The number of aryl methyl sites for hydroxylation is 2. The maximum atomic E-state index is 7.36. The summed E-state index contributed by atoms with van der Waals surface area (Å²) < 4.78 is 16.9. The van der Waals surface area contributed by atoms with Crippen molar-refractivity contribution in [1.29, 1.82) is 0 Å². The summed E-state index contributed by atoms with van der Waals surface area (Å²) >= 11 is 0. The van der Waals surface area contributed by atoms with Gasteiger partial charge in [-0.2, -0.15) is 0 Å². The Hall–Kier alpha value is -5.68. The van der Waals surface area contributed by atoms with E-state index in [9.17, 15) is 0 Å². The van der Waals surface area contributed by atoms with Gasteiger partial charge in [-0.15, -0.1) is 0 Å². The molecule has 2 aliphatic heterocycles. The van der Waals surface area contributed by atoms with E-state index in [0.29, 0.717) is 5.90 Å². The Labute approximate surface area is 393 Å². The first-order chi connectivity index (χ1) is 30.5. The van der Waals surface area contributed by atoms with Crippen molar-refractivity contribution in [3.8, 4) is 28.4 Å². The van der Waals surface area contributed by atoms with Crippen molar-refractivity contribution in [3.05, 3.63) is 152 Å². The van der Waals surface area contributed by atoms with Crippen LogP contribution in [0.2, 0.25) is 0 Å². The minimum atomic E-state index is -0.758. The van der Waals surface area contributed by atoms with Gasteiger partial charge >= 0.3 is 0 Å². The molecule has 2 atom stereocenters. The molecule has 4 heterocycles. The van der Waals surface area contributed by atoms with Crippen LogP contribution in [0.25, 0.3) is 38.8 Å². The van der Waals surface area contributed by atoms with E-state index in [4.69, 9.17) is 19.5 Å². The van der Waals surface area contributed by atoms with Crippen LogP contribution in [0.4, 0.5) is 0 Å². The fourth-order valence-corrected chi connectivity index (χ4v) is 11.2. The second-order valence-electron chi connectivity index (χ2n) is 24.8. The molecule has 0 saturated carbocycles. The molecule has 5 heteroatoms. The summed E-state index contributed by atoms with van der Waals surface area (Å²) in [5.41, 5.74) is 16.2. The molecule has 0 bridgehead atoms. The third-order valence-electron chi connectivity index (χ3n) is 15.6. The van der Waals surface area contributed by atoms with Crippen LogP contribution in [0.15, 0.2) is 96.1 Å². The third-order valence-corrected chi connectivity index (χ3v) is 15.6. The molecule has 0 saturated heterocycles. The molecule has 340 valence electrons. The number of benzene rings is 5. The minimum absolute atomic E-state index is 0.00605. The summed E-state index contributed by atoms with van der Waals surface area (Å²) in [6, 6.07) is 32.2. The van der Waals surface area contributed by atoms with Crippen LogP contribution in [0.1, 0.15) is 172 Å². The predicted molar refractivity (Wildman–Crippen MR) is 276 cm³/mol. The maximum absolute atomic E-state index is 7.36. The zero-order valence-electron chi connectivity index (χ0n) is 42.8. The Balaban J connectivity index is 1.14. The van der Waals surface area contributed by atoms with Crippen molar-refractivity contribution in [2.75, 3.05) is 0 Å². The molecule has 2 aromatic heterocycles. The number of rotatable bonds is 3. The number of nitrogens with zero attached hydrogens (tertiary/aromatic N) is 3. The van der Waals surface area contributed by atoms with Gasteiger partial charge < -0.3 is 9.47 Å². The molecule has 66 heavy (non-hydrogen) atoms. The molecule has 10 rings (SSSR count). The molecule has 0 N–H and O–H groups in total. The molecule has 0 fully saturated rings.